The number of sulfone groups is 1. The Labute approximate surface area is 116 Å². The fraction of sp³-hybridized carbons (Fsp3) is 0.417. The molecule has 0 aliphatic heterocycles. The molecule has 0 fully saturated rings. The van der Waals surface area contributed by atoms with Crippen molar-refractivity contribution in [2.24, 2.45) is 5.92 Å². The molecular weight excluding hydrogens is 295 g/mol. The maximum absolute atomic E-state index is 13.2. The first-order chi connectivity index (χ1) is 8.65. The second-order valence-electron chi connectivity index (χ2n) is 4.56. The minimum atomic E-state index is -3.91. The lowest BCUT2D eigenvalue weighted by atomic mass is 10.1. The van der Waals surface area contributed by atoms with Gasteiger partial charge in [0.2, 0.25) is 0 Å². The summed E-state index contributed by atoms with van der Waals surface area (Å²) in [5.74, 6) is -3.23. The van der Waals surface area contributed by atoms with E-state index in [1.807, 2.05) is 0 Å². The molecule has 1 N–H and O–H groups in total. The van der Waals surface area contributed by atoms with E-state index in [0.717, 1.165) is 6.07 Å². The lowest BCUT2D eigenvalue weighted by molar-refractivity contribution is -0.137. The molecule has 1 atom stereocenters. The Kier molecular flexibility index (Phi) is 4.92. The molecule has 1 aromatic carbocycles. The van der Waals surface area contributed by atoms with Gasteiger partial charge in [0.25, 0.3) is 0 Å². The lowest BCUT2D eigenvalue weighted by Gasteiger charge is -2.16. The van der Waals surface area contributed by atoms with Crippen molar-refractivity contribution in [3.05, 3.63) is 34.6 Å². The van der Waals surface area contributed by atoms with Gasteiger partial charge < -0.3 is 5.11 Å². The van der Waals surface area contributed by atoms with Gasteiger partial charge >= 0.3 is 5.97 Å². The van der Waals surface area contributed by atoms with Crippen LogP contribution in [0, 0.1) is 11.7 Å². The zero-order valence-corrected chi connectivity index (χ0v) is 12.0. The molecule has 1 aromatic rings. The van der Waals surface area contributed by atoms with Crippen LogP contribution in [0.2, 0.25) is 5.02 Å². The van der Waals surface area contributed by atoms with Crippen molar-refractivity contribution >= 4 is 27.4 Å². The van der Waals surface area contributed by atoms with Gasteiger partial charge in [-0.2, -0.15) is 0 Å². The summed E-state index contributed by atoms with van der Waals surface area (Å²) in [6.45, 7) is 3.03. The molecule has 0 spiro atoms. The first kappa shape index (κ1) is 15.9. The van der Waals surface area contributed by atoms with Gasteiger partial charge in [0, 0.05) is 0 Å². The second-order valence-corrected chi connectivity index (χ2v) is 7.09. The minimum absolute atomic E-state index is 0.111. The SMILES string of the molecule is CC(C)C(C(=O)O)S(=O)(=O)Cc1ccc(Cl)c(F)c1. The molecule has 0 saturated carbocycles. The van der Waals surface area contributed by atoms with E-state index in [4.69, 9.17) is 16.7 Å². The van der Waals surface area contributed by atoms with Crippen LogP contribution in [0.3, 0.4) is 0 Å². The number of hydrogen-bond acceptors (Lipinski definition) is 3. The van der Waals surface area contributed by atoms with Crippen molar-refractivity contribution < 1.29 is 22.7 Å². The summed E-state index contributed by atoms with van der Waals surface area (Å²) >= 11 is 5.50. The van der Waals surface area contributed by atoms with Crippen LogP contribution in [0.4, 0.5) is 4.39 Å². The molecule has 19 heavy (non-hydrogen) atoms. The summed E-state index contributed by atoms with van der Waals surface area (Å²) in [5, 5.41) is 7.36. The van der Waals surface area contributed by atoms with Crippen LogP contribution in [0.5, 0.6) is 0 Å². The molecule has 4 nitrogen and oxygen atoms in total. The maximum Gasteiger partial charge on any atom is 0.322 e. The number of benzene rings is 1. The predicted molar refractivity (Wildman–Crippen MR) is 70.3 cm³/mol. The summed E-state index contributed by atoms with van der Waals surface area (Å²) in [7, 11) is -3.91. The van der Waals surface area contributed by atoms with Gasteiger partial charge in [0.15, 0.2) is 15.1 Å². The Balaban J connectivity index is 3.08. The van der Waals surface area contributed by atoms with Gasteiger partial charge in [0.1, 0.15) is 5.82 Å². The molecular formula is C12H14ClFO4S. The molecule has 7 heteroatoms. The number of rotatable bonds is 5. The monoisotopic (exact) mass is 308 g/mol. The van der Waals surface area contributed by atoms with Crippen LogP contribution in [-0.4, -0.2) is 24.7 Å². The van der Waals surface area contributed by atoms with Crippen LogP contribution in [0.15, 0.2) is 18.2 Å². The average molecular weight is 309 g/mol. The van der Waals surface area contributed by atoms with Gasteiger partial charge in [-0.15, -0.1) is 0 Å². The highest BCUT2D eigenvalue weighted by Crippen LogP contribution is 2.21. The smallest absolute Gasteiger partial charge is 0.322 e. The molecule has 0 aliphatic carbocycles. The van der Waals surface area contributed by atoms with Gasteiger partial charge in [0.05, 0.1) is 10.8 Å². The van der Waals surface area contributed by atoms with E-state index in [1.165, 1.54) is 26.0 Å². The van der Waals surface area contributed by atoms with E-state index in [9.17, 15) is 17.6 Å². The van der Waals surface area contributed by atoms with Crippen molar-refractivity contribution in [3.8, 4) is 0 Å². The minimum Gasteiger partial charge on any atom is -0.480 e. The third-order valence-electron chi connectivity index (χ3n) is 2.59. The Morgan fingerprint density at radius 3 is 2.42 bits per heavy atom. The number of carboxylic acids is 1. The first-order valence-electron chi connectivity index (χ1n) is 5.53. The topological polar surface area (TPSA) is 71.4 Å². The van der Waals surface area contributed by atoms with Gasteiger partial charge in [-0.25, -0.2) is 12.8 Å². The lowest BCUT2D eigenvalue weighted by Crippen LogP contribution is -2.35. The molecule has 0 heterocycles. The summed E-state index contributed by atoms with van der Waals surface area (Å²) in [5.41, 5.74) is 0.175. The molecule has 0 saturated heterocycles. The van der Waals surface area contributed by atoms with E-state index in [2.05, 4.69) is 0 Å². The van der Waals surface area contributed by atoms with Crippen LogP contribution in [0.1, 0.15) is 19.4 Å². The van der Waals surface area contributed by atoms with E-state index in [-0.39, 0.29) is 10.6 Å². The second kappa shape index (κ2) is 5.88. The van der Waals surface area contributed by atoms with Crippen molar-refractivity contribution in [1.29, 1.82) is 0 Å². The number of hydrogen-bond donors (Lipinski definition) is 1. The number of carboxylic acid groups (broad SMARTS) is 1. The number of carbonyl (C=O) groups is 1. The van der Waals surface area contributed by atoms with Crippen molar-refractivity contribution in [1.82, 2.24) is 0 Å². The zero-order chi connectivity index (χ0) is 14.8. The van der Waals surface area contributed by atoms with Crippen LogP contribution in [-0.2, 0) is 20.4 Å². The molecule has 1 rings (SSSR count). The van der Waals surface area contributed by atoms with Gasteiger partial charge in [-0.3, -0.25) is 4.79 Å². The summed E-state index contributed by atoms with van der Waals surface area (Å²) in [6.07, 6.45) is 0. The molecule has 1 unspecified atom stereocenters. The van der Waals surface area contributed by atoms with Crippen molar-refractivity contribution in [3.63, 3.8) is 0 Å². The fourth-order valence-electron chi connectivity index (χ4n) is 1.80. The molecule has 0 amide bonds. The molecule has 0 radical (unpaired) electrons. The predicted octanol–water partition coefficient (Wildman–Crippen LogP) is 2.50. The third-order valence-corrected chi connectivity index (χ3v) is 5.15. The Bertz CT molecular complexity index is 583. The number of halogens is 2. The highest BCUT2D eigenvalue weighted by molar-refractivity contribution is 7.92. The standard InChI is InChI=1S/C12H14ClFO4S/c1-7(2)11(12(15)16)19(17,18)6-8-3-4-9(13)10(14)5-8/h3-5,7,11H,6H2,1-2H3,(H,15,16). The van der Waals surface area contributed by atoms with E-state index in [0.29, 0.717) is 0 Å². The first-order valence-corrected chi connectivity index (χ1v) is 7.63. The Morgan fingerprint density at radius 2 is 2.00 bits per heavy atom. The van der Waals surface area contributed by atoms with Crippen molar-refractivity contribution in [2.45, 2.75) is 24.9 Å². The molecule has 0 bridgehead atoms. The van der Waals surface area contributed by atoms with Crippen LogP contribution < -0.4 is 0 Å². The van der Waals surface area contributed by atoms with Gasteiger partial charge in [-0.1, -0.05) is 31.5 Å². The average Bonchev–Trinajstić information content (AvgIpc) is 2.21. The molecule has 0 aliphatic rings. The quantitative estimate of drug-likeness (QED) is 0.907. The molecule has 106 valence electrons. The maximum atomic E-state index is 13.2. The van der Waals surface area contributed by atoms with E-state index < -0.39 is 38.5 Å². The van der Waals surface area contributed by atoms with E-state index in [1.54, 1.807) is 0 Å². The summed E-state index contributed by atoms with van der Waals surface area (Å²) < 4.78 is 37.3. The Morgan fingerprint density at radius 1 is 1.42 bits per heavy atom. The Hall–Kier alpha value is -1.14. The van der Waals surface area contributed by atoms with Gasteiger partial charge in [-0.05, 0) is 23.6 Å². The zero-order valence-electron chi connectivity index (χ0n) is 10.4. The summed E-state index contributed by atoms with van der Waals surface area (Å²) in [6, 6.07) is 3.61. The number of aliphatic carboxylic acids is 1. The van der Waals surface area contributed by atoms with E-state index >= 15 is 0 Å². The normalized spacial score (nSPS) is 13.5. The summed E-state index contributed by atoms with van der Waals surface area (Å²) in [4.78, 5) is 11.0. The van der Waals surface area contributed by atoms with Crippen molar-refractivity contribution in [2.75, 3.05) is 0 Å². The highest BCUT2D eigenvalue weighted by atomic mass is 35.5. The third kappa shape index (κ3) is 3.91. The highest BCUT2D eigenvalue weighted by Gasteiger charge is 2.35. The van der Waals surface area contributed by atoms with Crippen LogP contribution in [0.25, 0.3) is 0 Å². The van der Waals surface area contributed by atoms with Crippen LogP contribution >= 0.6 is 11.6 Å². The largest absolute Gasteiger partial charge is 0.480 e. The fourth-order valence-corrected chi connectivity index (χ4v) is 3.88. The molecule has 0 aromatic heterocycles.